The fourth-order valence-electron chi connectivity index (χ4n) is 1.12. The average Bonchev–Trinajstić information content (AvgIpc) is 2.21. The average molecular weight is 204 g/mol. The maximum absolute atomic E-state index is 8.78. The molecule has 0 fully saturated rings. The van der Waals surface area contributed by atoms with E-state index in [9.17, 15) is 0 Å². The van der Waals surface area contributed by atoms with Crippen molar-refractivity contribution in [1.29, 1.82) is 5.26 Å². The Morgan fingerprint density at radius 2 is 2.13 bits per heavy atom. The Balaban J connectivity index is 2.99. The second-order valence-electron chi connectivity index (χ2n) is 4.16. The summed E-state index contributed by atoms with van der Waals surface area (Å²) in [4.78, 5) is 0. The van der Waals surface area contributed by atoms with Crippen molar-refractivity contribution >= 4 is 0 Å². The molecule has 0 bridgehead atoms. The highest BCUT2D eigenvalue weighted by atomic mass is 16.5. The van der Waals surface area contributed by atoms with E-state index in [1.807, 2.05) is 26.8 Å². The van der Waals surface area contributed by atoms with Gasteiger partial charge in [0, 0.05) is 6.54 Å². The van der Waals surface area contributed by atoms with Gasteiger partial charge in [-0.3, -0.25) is 0 Å². The predicted octanol–water partition coefficient (Wildman–Crippen LogP) is 1.98. The number of ether oxygens (including phenoxy) is 1. The van der Waals surface area contributed by atoms with E-state index < -0.39 is 5.60 Å². The van der Waals surface area contributed by atoms with E-state index in [0.29, 0.717) is 12.1 Å². The SMILES string of the molecule is Cc1ccc(C#N)cc1OC(C)(C)CN. The summed E-state index contributed by atoms with van der Waals surface area (Å²) in [6, 6.07) is 7.48. The third kappa shape index (κ3) is 2.97. The number of hydrogen-bond acceptors (Lipinski definition) is 3. The Hall–Kier alpha value is -1.53. The maximum atomic E-state index is 8.78. The van der Waals surface area contributed by atoms with Gasteiger partial charge in [0.25, 0.3) is 0 Å². The van der Waals surface area contributed by atoms with Gasteiger partial charge in [-0.2, -0.15) is 5.26 Å². The van der Waals surface area contributed by atoms with Crippen LogP contribution in [0, 0.1) is 18.3 Å². The van der Waals surface area contributed by atoms with E-state index >= 15 is 0 Å². The first kappa shape index (κ1) is 11.5. The van der Waals surface area contributed by atoms with Crippen LogP contribution in [0.2, 0.25) is 0 Å². The number of benzene rings is 1. The molecule has 3 nitrogen and oxygen atoms in total. The van der Waals surface area contributed by atoms with E-state index in [1.165, 1.54) is 0 Å². The summed E-state index contributed by atoms with van der Waals surface area (Å²) in [6.45, 7) is 6.23. The van der Waals surface area contributed by atoms with Gasteiger partial charge in [0.05, 0.1) is 11.6 Å². The quantitative estimate of drug-likeness (QED) is 0.819. The van der Waals surface area contributed by atoms with Gasteiger partial charge < -0.3 is 10.5 Å². The first-order valence-corrected chi connectivity index (χ1v) is 4.88. The minimum absolute atomic E-state index is 0.404. The molecule has 1 aromatic carbocycles. The van der Waals surface area contributed by atoms with Crippen molar-refractivity contribution in [2.45, 2.75) is 26.4 Å². The lowest BCUT2D eigenvalue weighted by molar-refractivity contribution is 0.118. The van der Waals surface area contributed by atoms with Gasteiger partial charge in [-0.05, 0) is 38.5 Å². The molecule has 0 unspecified atom stereocenters. The van der Waals surface area contributed by atoms with Gasteiger partial charge in [-0.1, -0.05) is 6.07 Å². The number of aryl methyl sites for hydroxylation is 1. The molecule has 0 heterocycles. The zero-order chi connectivity index (χ0) is 11.5. The van der Waals surface area contributed by atoms with Crippen molar-refractivity contribution in [2.75, 3.05) is 6.54 Å². The third-order valence-electron chi connectivity index (χ3n) is 2.20. The fraction of sp³-hybridized carbons (Fsp3) is 0.417. The van der Waals surface area contributed by atoms with Crippen molar-refractivity contribution in [1.82, 2.24) is 0 Å². The smallest absolute Gasteiger partial charge is 0.124 e. The van der Waals surface area contributed by atoms with Crippen molar-refractivity contribution in [3.05, 3.63) is 29.3 Å². The molecule has 0 aliphatic carbocycles. The van der Waals surface area contributed by atoms with Gasteiger partial charge in [-0.15, -0.1) is 0 Å². The highest BCUT2D eigenvalue weighted by Crippen LogP contribution is 2.23. The summed E-state index contributed by atoms with van der Waals surface area (Å²) in [5.74, 6) is 0.726. The van der Waals surface area contributed by atoms with Crippen LogP contribution >= 0.6 is 0 Å². The predicted molar refractivity (Wildman–Crippen MR) is 59.7 cm³/mol. The Kier molecular flexibility index (Phi) is 3.33. The normalized spacial score (nSPS) is 10.9. The van der Waals surface area contributed by atoms with E-state index in [0.717, 1.165) is 11.3 Å². The molecule has 0 aliphatic heterocycles. The lowest BCUT2D eigenvalue weighted by atomic mass is 10.1. The lowest BCUT2D eigenvalue weighted by Crippen LogP contribution is -2.37. The van der Waals surface area contributed by atoms with Crippen LogP contribution in [0.5, 0.6) is 5.75 Å². The molecule has 0 atom stereocenters. The third-order valence-corrected chi connectivity index (χ3v) is 2.20. The number of nitrogens with two attached hydrogens (primary N) is 1. The first-order valence-electron chi connectivity index (χ1n) is 4.88. The van der Waals surface area contributed by atoms with Crippen LogP contribution in [0.15, 0.2) is 18.2 Å². The zero-order valence-electron chi connectivity index (χ0n) is 9.37. The molecule has 80 valence electrons. The molecule has 0 amide bonds. The summed E-state index contributed by atoms with van der Waals surface area (Å²) in [5.41, 5.74) is 6.79. The molecular formula is C12H16N2O. The number of nitriles is 1. The van der Waals surface area contributed by atoms with E-state index in [-0.39, 0.29) is 0 Å². The van der Waals surface area contributed by atoms with Gasteiger partial charge in [-0.25, -0.2) is 0 Å². The topological polar surface area (TPSA) is 59.0 Å². The van der Waals surface area contributed by atoms with Gasteiger partial charge in [0.15, 0.2) is 0 Å². The van der Waals surface area contributed by atoms with Crippen LogP contribution in [0.3, 0.4) is 0 Å². The highest BCUT2D eigenvalue weighted by molar-refractivity contribution is 5.42. The summed E-state index contributed by atoms with van der Waals surface area (Å²) in [5, 5.41) is 8.78. The summed E-state index contributed by atoms with van der Waals surface area (Å²) in [7, 11) is 0. The van der Waals surface area contributed by atoms with E-state index in [1.54, 1.807) is 12.1 Å². The van der Waals surface area contributed by atoms with Crippen molar-refractivity contribution in [2.24, 2.45) is 5.73 Å². The second-order valence-corrected chi connectivity index (χ2v) is 4.16. The Bertz CT molecular complexity index is 391. The molecule has 0 aliphatic rings. The van der Waals surface area contributed by atoms with Crippen LogP contribution in [0.1, 0.15) is 25.0 Å². The van der Waals surface area contributed by atoms with Gasteiger partial charge in [0.2, 0.25) is 0 Å². The Morgan fingerprint density at radius 3 is 2.67 bits per heavy atom. The Morgan fingerprint density at radius 1 is 1.47 bits per heavy atom. The second kappa shape index (κ2) is 4.33. The highest BCUT2D eigenvalue weighted by Gasteiger charge is 2.18. The summed E-state index contributed by atoms with van der Waals surface area (Å²) < 4.78 is 5.75. The molecule has 0 aromatic heterocycles. The molecular weight excluding hydrogens is 188 g/mol. The monoisotopic (exact) mass is 204 g/mol. The van der Waals surface area contributed by atoms with Crippen molar-refractivity contribution in [3.63, 3.8) is 0 Å². The largest absolute Gasteiger partial charge is 0.486 e. The number of hydrogen-bond donors (Lipinski definition) is 1. The van der Waals surface area contributed by atoms with Crippen molar-refractivity contribution < 1.29 is 4.74 Å². The molecule has 0 saturated heterocycles. The van der Waals surface area contributed by atoms with Crippen LogP contribution in [-0.4, -0.2) is 12.1 Å². The summed E-state index contributed by atoms with van der Waals surface area (Å²) >= 11 is 0. The van der Waals surface area contributed by atoms with E-state index in [4.69, 9.17) is 15.7 Å². The molecule has 1 rings (SSSR count). The van der Waals surface area contributed by atoms with E-state index in [2.05, 4.69) is 6.07 Å². The maximum Gasteiger partial charge on any atom is 0.124 e. The van der Waals surface area contributed by atoms with Crippen LogP contribution in [-0.2, 0) is 0 Å². The molecule has 3 heteroatoms. The Labute approximate surface area is 90.5 Å². The molecule has 0 radical (unpaired) electrons. The molecule has 2 N–H and O–H groups in total. The lowest BCUT2D eigenvalue weighted by Gasteiger charge is -2.25. The van der Waals surface area contributed by atoms with Crippen molar-refractivity contribution in [3.8, 4) is 11.8 Å². The standard InChI is InChI=1S/C12H16N2O/c1-9-4-5-10(7-13)6-11(9)15-12(2,3)8-14/h4-6H,8,14H2,1-3H3. The fourth-order valence-corrected chi connectivity index (χ4v) is 1.12. The molecule has 1 aromatic rings. The van der Waals surface area contributed by atoms with Crippen LogP contribution in [0.4, 0.5) is 0 Å². The number of nitrogens with zero attached hydrogens (tertiary/aromatic N) is 1. The van der Waals surface area contributed by atoms with Crippen LogP contribution in [0.25, 0.3) is 0 Å². The van der Waals surface area contributed by atoms with Gasteiger partial charge in [0.1, 0.15) is 11.4 Å². The summed E-state index contributed by atoms with van der Waals surface area (Å²) in [6.07, 6.45) is 0. The zero-order valence-corrected chi connectivity index (χ0v) is 9.37. The minimum atomic E-state index is -0.404. The minimum Gasteiger partial charge on any atom is -0.486 e. The molecule has 15 heavy (non-hydrogen) atoms. The number of rotatable bonds is 3. The first-order chi connectivity index (χ1) is 6.98. The van der Waals surface area contributed by atoms with Gasteiger partial charge >= 0.3 is 0 Å². The molecule has 0 saturated carbocycles. The van der Waals surface area contributed by atoms with Crippen LogP contribution < -0.4 is 10.5 Å². The molecule has 0 spiro atoms.